The molecular formula is C19H20ClNO2. The van der Waals surface area contributed by atoms with Gasteiger partial charge in [0.1, 0.15) is 0 Å². The molecule has 0 unspecified atom stereocenters. The first kappa shape index (κ1) is 17.2. The third-order valence-electron chi connectivity index (χ3n) is 3.62. The Morgan fingerprint density at radius 2 is 1.61 bits per heavy atom. The Labute approximate surface area is 141 Å². The zero-order valence-corrected chi connectivity index (χ0v) is 14.5. The minimum atomic E-state index is -0.268. The summed E-state index contributed by atoms with van der Waals surface area (Å²) in [5, 5.41) is 3.41. The van der Waals surface area contributed by atoms with Gasteiger partial charge in [0.05, 0.1) is 5.69 Å². The zero-order valence-electron chi connectivity index (χ0n) is 13.7. The number of hydrogen-bond acceptors (Lipinski definition) is 2. The highest BCUT2D eigenvalue weighted by molar-refractivity contribution is 6.30. The highest BCUT2D eigenvalue weighted by atomic mass is 35.5. The molecule has 2 aromatic carbocycles. The fraction of sp³-hybridized carbons (Fsp3) is 0.263. The summed E-state index contributed by atoms with van der Waals surface area (Å²) in [7, 11) is 0. The predicted octanol–water partition coefficient (Wildman–Crippen LogP) is 5.09. The number of carbonyl (C=O) groups excluding carboxylic acids is 2. The molecule has 0 fully saturated rings. The molecule has 0 saturated heterocycles. The molecule has 2 aromatic rings. The third kappa shape index (κ3) is 4.20. The maximum Gasteiger partial charge on any atom is 0.255 e. The quantitative estimate of drug-likeness (QED) is 0.797. The Morgan fingerprint density at radius 1 is 1.00 bits per heavy atom. The Bertz CT molecular complexity index is 743. The summed E-state index contributed by atoms with van der Waals surface area (Å²) in [4.78, 5) is 24.2. The fourth-order valence-corrected chi connectivity index (χ4v) is 2.34. The lowest BCUT2D eigenvalue weighted by atomic mass is 9.86. The van der Waals surface area contributed by atoms with Crippen molar-refractivity contribution in [2.45, 2.75) is 33.1 Å². The summed E-state index contributed by atoms with van der Waals surface area (Å²) in [5.41, 5.74) is 2.50. The minimum Gasteiger partial charge on any atom is -0.321 e. The van der Waals surface area contributed by atoms with Crippen molar-refractivity contribution >= 4 is 29.0 Å². The molecule has 0 atom stereocenters. The van der Waals surface area contributed by atoms with Crippen molar-refractivity contribution in [1.82, 2.24) is 0 Å². The molecule has 1 N–H and O–H groups in total. The number of anilines is 1. The van der Waals surface area contributed by atoms with E-state index in [4.69, 9.17) is 11.6 Å². The summed E-state index contributed by atoms with van der Waals surface area (Å²) >= 11 is 5.84. The summed E-state index contributed by atoms with van der Waals surface area (Å²) in [6.45, 7) is 7.74. The van der Waals surface area contributed by atoms with Gasteiger partial charge in [-0.15, -0.1) is 0 Å². The van der Waals surface area contributed by atoms with Crippen LogP contribution in [0.3, 0.4) is 0 Å². The largest absolute Gasteiger partial charge is 0.321 e. The van der Waals surface area contributed by atoms with Gasteiger partial charge in [-0.25, -0.2) is 0 Å². The van der Waals surface area contributed by atoms with Crippen LogP contribution in [0.15, 0.2) is 42.5 Å². The van der Waals surface area contributed by atoms with Gasteiger partial charge in [-0.3, -0.25) is 9.59 Å². The average molecular weight is 330 g/mol. The number of amides is 1. The maximum absolute atomic E-state index is 12.4. The van der Waals surface area contributed by atoms with E-state index in [0.29, 0.717) is 21.8 Å². The molecule has 0 radical (unpaired) electrons. The van der Waals surface area contributed by atoms with E-state index in [9.17, 15) is 9.59 Å². The smallest absolute Gasteiger partial charge is 0.255 e. The SMILES string of the molecule is CC(=O)c1ccc(C(C)(C)C)cc1NC(=O)c1ccc(Cl)cc1. The van der Waals surface area contributed by atoms with Crippen LogP contribution in [-0.4, -0.2) is 11.7 Å². The number of halogens is 1. The van der Waals surface area contributed by atoms with Crippen LogP contribution in [0.25, 0.3) is 0 Å². The van der Waals surface area contributed by atoms with Gasteiger partial charge in [0.25, 0.3) is 5.91 Å². The van der Waals surface area contributed by atoms with E-state index in [1.54, 1.807) is 30.3 Å². The van der Waals surface area contributed by atoms with Crippen molar-refractivity contribution in [3.8, 4) is 0 Å². The second-order valence-electron chi connectivity index (χ2n) is 6.53. The molecule has 120 valence electrons. The molecule has 1 amide bonds. The van der Waals surface area contributed by atoms with Gasteiger partial charge in [0, 0.05) is 16.1 Å². The lowest BCUT2D eigenvalue weighted by Gasteiger charge is -2.21. The number of nitrogens with one attached hydrogen (secondary N) is 1. The van der Waals surface area contributed by atoms with E-state index < -0.39 is 0 Å². The molecule has 4 heteroatoms. The van der Waals surface area contributed by atoms with Gasteiger partial charge in [-0.1, -0.05) is 38.4 Å². The van der Waals surface area contributed by atoms with Crippen LogP contribution in [0.5, 0.6) is 0 Å². The second-order valence-corrected chi connectivity index (χ2v) is 6.96. The van der Waals surface area contributed by atoms with Crippen molar-refractivity contribution in [2.24, 2.45) is 0 Å². The summed E-state index contributed by atoms with van der Waals surface area (Å²) < 4.78 is 0. The monoisotopic (exact) mass is 329 g/mol. The van der Waals surface area contributed by atoms with Crippen LogP contribution in [0.2, 0.25) is 5.02 Å². The van der Waals surface area contributed by atoms with Crippen molar-refractivity contribution in [3.05, 3.63) is 64.2 Å². The van der Waals surface area contributed by atoms with E-state index in [2.05, 4.69) is 26.1 Å². The molecule has 0 spiro atoms. The van der Waals surface area contributed by atoms with E-state index in [1.807, 2.05) is 12.1 Å². The Balaban J connectivity index is 2.38. The van der Waals surface area contributed by atoms with Gasteiger partial charge in [-0.05, 0) is 54.3 Å². The summed E-state index contributed by atoms with van der Waals surface area (Å²) in [6, 6.07) is 12.2. The average Bonchev–Trinajstić information content (AvgIpc) is 2.46. The molecule has 0 saturated carbocycles. The van der Waals surface area contributed by atoms with Crippen molar-refractivity contribution in [1.29, 1.82) is 0 Å². The van der Waals surface area contributed by atoms with Crippen molar-refractivity contribution < 1.29 is 9.59 Å². The number of carbonyl (C=O) groups is 2. The van der Waals surface area contributed by atoms with E-state index in [1.165, 1.54) is 6.92 Å². The first-order chi connectivity index (χ1) is 10.7. The van der Waals surface area contributed by atoms with E-state index in [-0.39, 0.29) is 17.1 Å². The molecular weight excluding hydrogens is 310 g/mol. The molecule has 0 bridgehead atoms. The number of rotatable bonds is 3. The van der Waals surface area contributed by atoms with Crippen LogP contribution >= 0.6 is 11.6 Å². The molecule has 2 rings (SSSR count). The van der Waals surface area contributed by atoms with Gasteiger partial charge in [0.15, 0.2) is 5.78 Å². The zero-order chi connectivity index (χ0) is 17.2. The first-order valence-corrected chi connectivity index (χ1v) is 7.78. The molecule has 0 heterocycles. The lowest BCUT2D eigenvalue weighted by molar-refractivity contribution is 0.101. The van der Waals surface area contributed by atoms with Crippen LogP contribution < -0.4 is 5.32 Å². The van der Waals surface area contributed by atoms with Crippen LogP contribution in [0.4, 0.5) is 5.69 Å². The Hall–Kier alpha value is -2.13. The molecule has 0 aliphatic carbocycles. The number of hydrogen-bond donors (Lipinski definition) is 1. The normalized spacial score (nSPS) is 11.2. The Kier molecular flexibility index (Phi) is 4.90. The van der Waals surface area contributed by atoms with Gasteiger partial charge in [-0.2, -0.15) is 0 Å². The second kappa shape index (κ2) is 6.55. The minimum absolute atomic E-state index is 0.0743. The van der Waals surface area contributed by atoms with Crippen molar-refractivity contribution in [2.75, 3.05) is 5.32 Å². The number of benzene rings is 2. The number of Topliss-reactive ketones (excluding diaryl/α,β-unsaturated/α-hetero) is 1. The van der Waals surface area contributed by atoms with E-state index >= 15 is 0 Å². The molecule has 0 aliphatic heterocycles. The summed E-state index contributed by atoms with van der Waals surface area (Å²) in [5.74, 6) is -0.355. The highest BCUT2D eigenvalue weighted by Crippen LogP contribution is 2.28. The topological polar surface area (TPSA) is 46.2 Å². The standard InChI is InChI=1S/C19H20ClNO2/c1-12(22)16-10-7-14(19(2,3)4)11-17(16)21-18(23)13-5-8-15(20)9-6-13/h5-11H,1-4H3,(H,21,23). The first-order valence-electron chi connectivity index (χ1n) is 7.41. The fourth-order valence-electron chi connectivity index (χ4n) is 2.22. The van der Waals surface area contributed by atoms with Crippen molar-refractivity contribution in [3.63, 3.8) is 0 Å². The molecule has 0 aromatic heterocycles. The van der Waals surface area contributed by atoms with Crippen LogP contribution in [0.1, 0.15) is 54.0 Å². The predicted molar refractivity (Wildman–Crippen MR) is 94.6 cm³/mol. The molecule has 23 heavy (non-hydrogen) atoms. The Morgan fingerprint density at radius 3 is 2.13 bits per heavy atom. The summed E-state index contributed by atoms with van der Waals surface area (Å²) in [6.07, 6.45) is 0. The lowest BCUT2D eigenvalue weighted by Crippen LogP contribution is -2.17. The maximum atomic E-state index is 12.4. The molecule has 3 nitrogen and oxygen atoms in total. The molecule has 0 aliphatic rings. The van der Waals surface area contributed by atoms with Crippen LogP contribution in [-0.2, 0) is 5.41 Å². The van der Waals surface area contributed by atoms with Gasteiger partial charge in [0.2, 0.25) is 0 Å². The number of ketones is 1. The van der Waals surface area contributed by atoms with Crippen LogP contribution in [0, 0.1) is 0 Å². The van der Waals surface area contributed by atoms with Gasteiger partial charge >= 0.3 is 0 Å². The van der Waals surface area contributed by atoms with Gasteiger partial charge < -0.3 is 5.32 Å². The van der Waals surface area contributed by atoms with E-state index in [0.717, 1.165) is 5.56 Å². The third-order valence-corrected chi connectivity index (χ3v) is 3.87. The highest BCUT2D eigenvalue weighted by Gasteiger charge is 2.18.